The standard InChI is InChI=1S/C14H23N5O/c1-4-11(3)18-14(15)16-8-7-13(20)19-12-6-5-10(2)9-17-12/h5-6,9,11H,4,7-8H2,1-3H3,(H3,15,16,18)(H,17,19,20). The largest absolute Gasteiger partial charge is 0.370 e. The van der Waals surface area contributed by atoms with Crippen LogP contribution in [0, 0.1) is 6.92 Å². The lowest BCUT2D eigenvalue weighted by molar-refractivity contribution is -0.116. The number of carbonyl (C=O) groups is 1. The van der Waals surface area contributed by atoms with Gasteiger partial charge in [0.2, 0.25) is 5.91 Å². The number of pyridine rings is 1. The molecule has 0 saturated heterocycles. The summed E-state index contributed by atoms with van der Waals surface area (Å²) < 4.78 is 0. The Bertz CT molecular complexity index is 455. The quantitative estimate of drug-likeness (QED) is 0.541. The number of rotatable bonds is 6. The molecule has 0 aliphatic carbocycles. The molecule has 0 saturated carbocycles. The van der Waals surface area contributed by atoms with Crippen LogP contribution in [0.3, 0.4) is 0 Å². The van der Waals surface area contributed by atoms with Crippen molar-refractivity contribution >= 4 is 17.7 Å². The molecular weight excluding hydrogens is 254 g/mol. The first-order valence-electron chi connectivity index (χ1n) is 6.80. The molecule has 6 heteroatoms. The number of nitrogens with zero attached hydrogens (tertiary/aromatic N) is 2. The summed E-state index contributed by atoms with van der Waals surface area (Å²) in [5, 5.41) is 5.76. The van der Waals surface area contributed by atoms with Gasteiger partial charge in [-0.3, -0.25) is 9.79 Å². The van der Waals surface area contributed by atoms with Gasteiger partial charge in [0.05, 0.1) is 6.54 Å². The average Bonchev–Trinajstić information content (AvgIpc) is 2.41. The first-order chi connectivity index (χ1) is 9.51. The minimum absolute atomic E-state index is 0.124. The van der Waals surface area contributed by atoms with Gasteiger partial charge in [0.1, 0.15) is 5.82 Å². The van der Waals surface area contributed by atoms with Gasteiger partial charge in [-0.1, -0.05) is 13.0 Å². The number of aliphatic imine (C=N–C) groups is 1. The van der Waals surface area contributed by atoms with Gasteiger partial charge in [0.25, 0.3) is 0 Å². The van der Waals surface area contributed by atoms with Gasteiger partial charge in [0.15, 0.2) is 5.96 Å². The van der Waals surface area contributed by atoms with E-state index < -0.39 is 0 Å². The normalized spacial score (nSPS) is 12.8. The highest BCUT2D eigenvalue weighted by Gasteiger charge is 2.03. The van der Waals surface area contributed by atoms with Gasteiger partial charge in [0, 0.05) is 18.7 Å². The fourth-order valence-corrected chi connectivity index (χ4v) is 1.43. The minimum atomic E-state index is -0.124. The molecule has 4 N–H and O–H groups in total. The Kier molecular flexibility index (Phi) is 6.49. The van der Waals surface area contributed by atoms with Crippen molar-refractivity contribution in [3.63, 3.8) is 0 Å². The number of aromatic nitrogens is 1. The maximum absolute atomic E-state index is 11.7. The molecule has 1 aromatic heterocycles. The summed E-state index contributed by atoms with van der Waals surface area (Å²) in [6, 6.07) is 3.95. The molecule has 1 atom stereocenters. The molecule has 0 aliphatic heterocycles. The molecule has 0 bridgehead atoms. The molecular formula is C14H23N5O. The van der Waals surface area contributed by atoms with Gasteiger partial charge in [-0.2, -0.15) is 0 Å². The molecule has 6 nitrogen and oxygen atoms in total. The van der Waals surface area contributed by atoms with Crippen molar-refractivity contribution in [2.45, 2.75) is 39.7 Å². The topological polar surface area (TPSA) is 92.4 Å². The predicted molar refractivity (Wildman–Crippen MR) is 81.6 cm³/mol. The molecule has 0 spiro atoms. The van der Waals surface area contributed by atoms with Gasteiger partial charge in [-0.25, -0.2) is 4.98 Å². The van der Waals surface area contributed by atoms with Crippen LogP contribution in [0.5, 0.6) is 0 Å². The van der Waals surface area contributed by atoms with Gasteiger partial charge in [-0.05, 0) is 31.9 Å². The third-order valence-electron chi connectivity index (χ3n) is 2.81. The fourth-order valence-electron chi connectivity index (χ4n) is 1.43. The second kappa shape index (κ2) is 8.14. The molecule has 1 unspecified atom stereocenters. The minimum Gasteiger partial charge on any atom is -0.370 e. The van der Waals surface area contributed by atoms with Crippen molar-refractivity contribution in [3.05, 3.63) is 23.9 Å². The van der Waals surface area contributed by atoms with Crippen LogP contribution in [0.1, 0.15) is 32.3 Å². The highest BCUT2D eigenvalue weighted by molar-refractivity contribution is 5.90. The Hall–Kier alpha value is -2.11. The molecule has 1 amide bonds. The lowest BCUT2D eigenvalue weighted by Crippen LogP contribution is -2.38. The summed E-state index contributed by atoms with van der Waals surface area (Å²) >= 11 is 0. The Morgan fingerprint density at radius 1 is 1.50 bits per heavy atom. The molecule has 0 aliphatic rings. The highest BCUT2D eigenvalue weighted by atomic mass is 16.1. The van der Waals surface area contributed by atoms with Crippen molar-refractivity contribution in [1.82, 2.24) is 10.3 Å². The number of amides is 1. The Balaban J connectivity index is 2.33. The zero-order valence-corrected chi connectivity index (χ0v) is 12.3. The Morgan fingerprint density at radius 2 is 2.25 bits per heavy atom. The molecule has 1 rings (SSSR count). The predicted octanol–water partition coefficient (Wildman–Crippen LogP) is 1.42. The maximum atomic E-state index is 11.7. The second-order valence-electron chi connectivity index (χ2n) is 4.74. The van der Waals surface area contributed by atoms with Crippen molar-refractivity contribution in [3.8, 4) is 0 Å². The zero-order chi connectivity index (χ0) is 15.0. The number of hydrogen-bond donors (Lipinski definition) is 3. The van der Waals surface area contributed by atoms with E-state index in [9.17, 15) is 4.79 Å². The Labute approximate surface area is 119 Å². The smallest absolute Gasteiger partial charge is 0.227 e. The van der Waals surface area contributed by atoms with E-state index in [2.05, 4.69) is 27.5 Å². The van der Waals surface area contributed by atoms with Crippen LogP contribution in [0.25, 0.3) is 0 Å². The molecule has 20 heavy (non-hydrogen) atoms. The van der Waals surface area contributed by atoms with Crippen molar-refractivity contribution in [1.29, 1.82) is 0 Å². The third-order valence-corrected chi connectivity index (χ3v) is 2.81. The highest BCUT2D eigenvalue weighted by Crippen LogP contribution is 2.04. The molecule has 1 aromatic rings. The molecule has 0 fully saturated rings. The van der Waals surface area contributed by atoms with Crippen molar-refractivity contribution in [2.75, 3.05) is 11.9 Å². The lowest BCUT2D eigenvalue weighted by Gasteiger charge is -2.11. The van der Waals surface area contributed by atoms with E-state index >= 15 is 0 Å². The molecule has 0 aromatic carbocycles. The summed E-state index contributed by atoms with van der Waals surface area (Å²) in [6.45, 7) is 6.39. The van der Waals surface area contributed by atoms with E-state index in [1.54, 1.807) is 12.3 Å². The fraction of sp³-hybridized carbons (Fsp3) is 0.500. The number of aryl methyl sites for hydroxylation is 1. The van der Waals surface area contributed by atoms with Crippen molar-refractivity contribution in [2.24, 2.45) is 10.7 Å². The van der Waals surface area contributed by atoms with Gasteiger partial charge in [-0.15, -0.1) is 0 Å². The van der Waals surface area contributed by atoms with Crippen LogP contribution >= 0.6 is 0 Å². The van der Waals surface area contributed by atoms with E-state index in [0.717, 1.165) is 12.0 Å². The van der Waals surface area contributed by atoms with E-state index in [1.165, 1.54) is 0 Å². The van der Waals surface area contributed by atoms with E-state index in [0.29, 0.717) is 18.3 Å². The van der Waals surface area contributed by atoms with Crippen molar-refractivity contribution < 1.29 is 4.79 Å². The number of nitrogens with one attached hydrogen (secondary N) is 2. The van der Waals surface area contributed by atoms with Crippen LogP contribution in [0.2, 0.25) is 0 Å². The van der Waals surface area contributed by atoms with Crippen LogP contribution in [-0.2, 0) is 4.79 Å². The Morgan fingerprint density at radius 3 is 2.85 bits per heavy atom. The SMILES string of the molecule is CCC(C)NC(N)=NCCC(=O)Nc1ccc(C)cn1. The van der Waals surface area contributed by atoms with Crippen LogP contribution in [-0.4, -0.2) is 29.4 Å². The van der Waals surface area contributed by atoms with E-state index in [-0.39, 0.29) is 18.4 Å². The number of anilines is 1. The number of guanidine groups is 1. The summed E-state index contributed by atoms with van der Waals surface area (Å²) in [5.41, 5.74) is 6.75. The maximum Gasteiger partial charge on any atom is 0.227 e. The monoisotopic (exact) mass is 277 g/mol. The second-order valence-corrected chi connectivity index (χ2v) is 4.74. The number of carbonyl (C=O) groups excluding carboxylic acids is 1. The zero-order valence-electron chi connectivity index (χ0n) is 12.3. The summed E-state index contributed by atoms with van der Waals surface area (Å²) in [6.07, 6.45) is 2.95. The first-order valence-corrected chi connectivity index (χ1v) is 6.80. The van der Waals surface area contributed by atoms with Gasteiger partial charge >= 0.3 is 0 Å². The summed E-state index contributed by atoms with van der Waals surface area (Å²) in [5.74, 6) is 0.803. The average molecular weight is 277 g/mol. The van der Waals surface area contributed by atoms with E-state index in [4.69, 9.17) is 5.73 Å². The third kappa shape index (κ3) is 6.17. The van der Waals surface area contributed by atoms with Crippen LogP contribution < -0.4 is 16.4 Å². The number of nitrogens with two attached hydrogens (primary N) is 1. The molecule has 0 radical (unpaired) electrons. The van der Waals surface area contributed by atoms with E-state index in [1.807, 2.05) is 19.9 Å². The molecule has 1 heterocycles. The lowest BCUT2D eigenvalue weighted by atomic mass is 10.3. The van der Waals surface area contributed by atoms with Crippen LogP contribution in [0.15, 0.2) is 23.3 Å². The van der Waals surface area contributed by atoms with Crippen LogP contribution in [0.4, 0.5) is 5.82 Å². The van der Waals surface area contributed by atoms with Gasteiger partial charge < -0.3 is 16.4 Å². The molecule has 110 valence electrons. The summed E-state index contributed by atoms with van der Waals surface area (Å²) in [4.78, 5) is 19.9. The summed E-state index contributed by atoms with van der Waals surface area (Å²) in [7, 11) is 0. The number of hydrogen-bond acceptors (Lipinski definition) is 3. The first kappa shape index (κ1) is 15.9.